The van der Waals surface area contributed by atoms with E-state index in [0.717, 1.165) is 22.1 Å². The summed E-state index contributed by atoms with van der Waals surface area (Å²) in [5.41, 5.74) is 0. The molecule has 0 fully saturated rings. The molecule has 2 heterocycles. The van der Waals surface area contributed by atoms with E-state index in [2.05, 4.69) is 10.3 Å². The molecule has 0 saturated heterocycles. The van der Waals surface area contributed by atoms with E-state index < -0.39 is 0 Å². The first kappa shape index (κ1) is 13.3. The number of aliphatic imine (C=N–C) groups is 1. The molecule has 0 bridgehead atoms. The van der Waals surface area contributed by atoms with E-state index in [1.54, 1.807) is 0 Å². The van der Waals surface area contributed by atoms with Gasteiger partial charge in [-0.1, -0.05) is 11.8 Å². The predicted octanol–water partition coefficient (Wildman–Crippen LogP) is 2.24. The van der Waals surface area contributed by atoms with Crippen molar-refractivity contribution in [1.29, 1.82) is 0 Å². The average molecular weight is 282 g/mol. The minimum atomic E-state index is -0.134. The number of nitrogens with zero attached hydrogens (tertiary/aromatic N) is 1. The van der Waals surface area contributed by atoms with Crippen molar-refractivity contribution in [2.45, 2.75) is 19.8 Å². The summed E-state index contributed by atoms with van der Waals surface area (Å²) < 4.78 is 0. The second-order valence-electron chi connectivity index (χ2n) is 3.92. The van der Waals surface area contributed by atoms with Crippen molar-refractivity contribution < 1.29 is 9.59 Å². The first-order valence-corrected chi connectivity index (χ1v) is 7.52. The van der Waals surface area contributed by atoms with Crippen LogP contribution in [0.1, 0.15) is 27.4 Å². The largest absolute Gasteiger partial charge is 0.305 e. The van der Waals surface area contributed by atoms with Crippen molar-refractivity contribution in [3.05, 3.63) is 21.9 Å². The number of carbonyl (C=O) groups is 2. The van der Waals surface area contributed by atoms with Gasteiger partial charge in [-0.15, -0.1) is 11.3 Å². The van der Waals surface area contributed by atoms with Gasteiger partial charge in [0.15, 0.2) is 11.0 Å². The molecule has 1 aliphatic heterocycles. The van der Waals surface area contributed by atoms with Gasteiger partial charge in [0.1, 0.15) is 0 Å². The number of hydrogen-bond donors (Lipinski definition) is 1. The zero-order chi connectivity index (χ0) is 13.0. The summed E-state index contributed by atoms with van der Waals surface area (Å²) >= 11 is 3.01. The third-order valence-electron chi connectivity index (χ3n) is 2.43. The quantitative estimate of drug-likeness (QED) is 0.862. The fourth-order valence-corrected chi connectivity index (χ4v) is 3.11. The number of amidine groups is 1. The molecule has 18 heavy (non-hydrogen) atoms. The fraction of sp³-hybridized carbons (Fsp3) is 0.417. The lowest BCUT2D eigenvalue weighted by atomic mass is 10.2. The Hall–Kier alpha value is -1.14. The Morgan fingerprint density at radius 2 is 2.22 bits per heavy atom. The Morgan fingerprint density at radius 1 is 1.39 bits per heavy atom. The predicted molar refractivity (Wildman–Crippen MR) is 75.5 cm³/mol. The van der Waals surface area contributed by atoms with Gasteiger partial charge in [-0.3, -0.25) is 14.6 Å². The highest BCUT2D eigenvalue weighted by molar-refractivity contribution is 8.14. The summed E-state index contributed by atoms with van der Waals surface area (Å²) in [6, 6.07) is 3.74. The maximum atomic E-state index is 11.8. The monoisotopic (exact) mass is 282 g/mol. The smallest absolute Gasteiger partial charge is 0.226 e. The van der Waals surface area contributed by atoms with Crippen molar-refractivity contribution in [1.82, 2.24) is 5.32 Å². The molecular formula is C12H14N2O2S2. The molecule has 1 aliphatic rings. The number of carbonyl (C=O) groups excluding carboxylic acids is 2. The van der Waals surface area contributed by atoms with Gasteiger partial charge in [-0.05, 0) is 19.1 Å². The number of amides is 1. The number of thioether (sulfide) groups is 1. The van der Waals surface area contributed by atoms with Crippen LogP contribution >= 0.6 is 23.1 Å². The Kier molecular flexibility index (Phi) is 4.54. The molecule has 6 heteroatoms. The molecule has 1 amide bonds. The number of thiophene rings is 1. The van der Waals surface area contributed by atoms with E-state index in [1.807, 2.05) is 19.1 Å². The molecule has 1 aromatic heterocycles. The Bertz CT molecular complexity index is 494. The Labute approximate surface area is 114 Å². The van der Waals surface area contributed by atoms with Crippen molar-refractivity contribution in [2.24, 2.45) is 4.99 Å². The normalized spacial score (nSPS) is 14.4. The lowest BCUT2D eigenvalue weighted by Gasteiger charge is -2.02. The highest BCUT2D eigenvalue weighted by atomic mass is 32.2. The van der Waals surface area contributed by atoms with Gasteiger partial charge in [0.25, 0.3) is 0 Å². The van der Waals surface area contributed by atoms with Crippen LogP contribution in [-0.2, 0) is 4.79 Å². The molecule has 1 N–H and O–H groups in total. The highest BCUT2D eigenvalue weighted by Gasteiger charge is 2.14. The van der Waals surface area contributed by atoms with Gasteiger partial charge in [0.05, 0.1) is 11.4 Å². The Morgan fingerprint density at radius 3 is 2.83 bits per heavy atom. The highest BCUT2D eigenvalue weighted by Crippen LogP contribution is 2.17. The molecule has 0 atom stereocenters. The summed E-state index contributed by atoms with van der Waals surface area (Å²) in [5.74, 6) is 0.817. The van der Waals surface area contributed by atoms with E-state index in [-0.39, 0.29) is 24.5 Å². The Balaban J connectivity index is 1.77. The van der Waals surface area contributed by atoms with Crippen molar-refractivity contribution in [2.75, 3.05) is 12.3 Å². The van der Waals surface area contributed by atoms with Crippen LogP contribution in [0.2, 0.25) is 0 Å². The van der Waals surface area contributed by atoms with Crippen LogP contribution < -0.4 is 5.32 Å². The van der Waals surface area contributed by atoms with E-state index in [9.17, 15) is 9.59 Å². The van der Waals surface area contributed by atoms with Crippen LogP contribution in [0.5, 0.6) is 0 Å². The van der Waals surface area contributed by atoms with Gasteiger partial charge >= 0.3 is 0 Å². The van der Waals surface area contributed by atoms with E-state index in [4.69, 9.17) is 0 Å². The molecular weight excluding hydrogens is 268 g/mol. The molecule has 0 radical (unpaired) electrons. The van der Waals surface area contributed by atoms with Crippen LogP contribution in [-0.4, -0.2) is 29.2 Å². The lowest BCUT2D eigenvalue weighted by Crippen LogP contribution is -2.27. The summed E-state index contributed by atoms with van der Waals surface area (Å²) in [6.45, 7) is 2.72. The summed E-state index contributed by atoms with van der Waals surface area (Å²) in [7, 11) is 0. The number of Topliss-reactive ketones (excluding diaryl/α,β-unsaturated/α-hetero) is 1. The number of ketones is 1. The average Bonchev–Trinajstić information content (AvgIpc) is 2.97. The first-order chi connectivity index (χ1) is 8.65. The zero-order valence-electron chi connectivity index (χ0n) is 10.1. The topological polar surface area (TPSA) is 58.5 Å². The zero-order valence-corrected chi connectivity index (χ0v) is 11.7. The van der Waals surface area contributed by atoms with Gasteiger partial charge < -0.3 is 5.32 Å². The number of rotatable bonds is 4. The van der Waals surface area contributed by atoms with Crippen LogP contribution in [0.15, 0.2) is 17.1 Å². The SMILES string of the molecule is Cc1ccc(C(=O)CCC(=O)NC2=NCCS2)s1. The van der Waals surface area contributed by atoms with Crippen LogP contribution in [0.3, 0.4) is 0 Å². The minimum Gasteiger partial charge on any atom is -0.305 e. The van der Waals surface area contributed by atoms with Gasteiger partial charge in [0.2, 0.25) is 5.91 Å². The molecule has 0 aliphatic carbocycles. The molecule has 1 aromatic rings. The lowest BCUT2D eigenvalue weighted by molar-refractivity contribution is -0.119. The number of hydrogen-bond acceptors (Lipinski definition) is 5. The molecule has 2 rings (SSSR count). The minimum absolute atomic E-state index is 0.0317. The maximum Gasteiger partial charge on any atom is 0.226 e. The van der Waals surface area contributed by atoms with Crippen molar-refractivity contribution in [3.63, 3.8) is 0 Å². The van der Waals surface area contributed by atoms with E-state index in [1.165, 1.54) is 23.1 Å². The second-order valence-corrected chi connectivity index (χ2v) is 6.29. The maximum absolute atomic E-state index is 11.8. The fourth-order valence-electron chi connectivity index (χ4n) is 1.53. The second kappa shape index (κ2) is 6.15. The van der Waals surface area contributed by atoms with Crippen LogP contribution in [0, 0.1) is 6.92 Å². The summed E-state index contributed by atoms with van der Waals surface area (Å²) in [6.07, 6.45) is 0.471. The van der Waals surface area contributed by atoms with E-state index in [0.29, 0.717) is 5.17 Å². The van der Waals surface area contributed by atoms with Crippen molar-refractivity contribution in [3.8, 4) is 0 Å². The first-order valence-electron chi connectivity index (χ1n) is 5.72. The molecule has 4 nitrogen and oxygen atoms in total. The third-order valence-corrected chi connectivity index (χ3v) is 4.36. The third kappa shape index (κ3) is 3.68. The van der Waals surface area contributed by atoms with Crippen LogP contribution in [0.25, 0.3) is 0 Å². The van der Waals surface area contributed by atoms with Gasteiger partial charge in [-0.2, -0.15) is 0 Å². The molecule has 0 spiro atoms. The van der Waals surface area contributed by atoms with Gasteiger partial charge in [-0.25, -0.2) is 0 Å². The van der Waals surface area contributed by atoms with Crippen LogP contribution in [0.4, 0.5) is 0 Å². The number of nitrogens with one attached hydrogen (secondary N) is 1. The molecule has 0 saturated carbocycles. The van der Waals surface area contributed by atoms with Gasteiger partial charge in [0, 0.05) is 23.5 Å². The van der Waals surface area contributed by atoms with E-state index >= 15 is 0 Å². The molecule has 0 aromatic carbocycles. The standard InChI is InChI=1S/C12H14N2O2S2/c1-8-2-4-10(18-8)9(15)3-5-11(16)14-12-13-6-7-17-12/h2,4H,3,5-7H2,1H3,(H,13,14,16). The summed E-state index contributed by atoms with van der Waals surface area (Å²) in [4.78, 5) is 29.3. The molecule has 96 valence electrons. The summed E-state index contributed by atoms with van der Waals surface area (Å²) in [5, 5.41) is 3.40. The molecule has 0 unspecified atom stereocenters. The van der Waals surface area contributed by atoms with Crippen molar-refractivity contribution >= 4 is 40.0 Å². The number of aryl methyl sites for hydroxylation is 1.